The Balaban J connectivity index is 1.76. The molecule has 3 nitrogen and oxygen atoms in total. The second-order valence-electron chi connectivity index (χ2n) is 7.19. The minimum atomic E-state index is 0.400. The predicted octanol–water partition coefficient (Wildman–Crippen LogP) is 2.17. The number of likely N-dealkylation sites (N-methyl/N-ethyl adjacent to an activating group) is 1. The van der Waals surface area contributed by atoms with Crippen LogP contribution in [0.2, 0.25) is 0 Å². The van der Waals surface area contributed by atoms with Gasteiger partial charge in [0, 0.05) is 19.6 Å². The van der Waals surface area contributed by atoms with Crippen molar-refractivity contribution in [2.24, 2.45) is 17.1 Å². The van der Waals surface area contributed by atoms with E-state index in [9.17, 15) is 0 Å². The lowest BCUT2D eigenvalue weighted by atomic mass is 9.70. The maximum absolute atomic E-state index is 6.13. The lowest BCUT2D eigenvalue weighted by Crippen LogP contribution is -2.45. The van der Waals surface area contributed by atoms with E-state index in [-0.39, 0.29) is 0 Å². The number of nitrogens with two attached hydrogens (primary N) is 1. The SMILES string of the molecule is CC1CCCC(CN)(CN(C)CCN2CCCC2)C1. The zero-order chi connectivity index (χ0) is 13.7. The zero-order valence-corrected chi connectivity index (χ0v) is 13.0. The molecule has 1 saturated carbocycles. The van der Waals surface area contributed by atoms with Gasteiger partial charge in [0.1, 0.15) is 0 Å². The fourth-order valence-electron chi connectivity index (χ4n) is 4.13. The van der Waals surface area contributed by atoms with E-state index in [1.807, 2.05) is 0 Å². The third-order valence-electron chi connectivity index (χ3n) is 5.22. The average Bonchev–Trinajstić information content (AvgIpc) is 2.89. The average molecular weight is 267 g/mol. The first-order chi connectivity index (χ1) is 9.13. The Bertz CT molecular complexity index is 263. The van der Waals surface area contributed by atoms with Gasteiger partial charge in [-0.15, -0.1) is 0 Å². The molecular formula is C16H33N3. The first-order valence-electron chi connectivity index (χ1n) is 8.24. The third kappa shape index (κ3) is 4.44. The molecule has 2 atom stereocenters. The number of hydrogen-bond donors (Lipinski definition) is 1. The van der Waals surface area contributed by atoms with Gasteiger partial charge in [-0.05, 0) is 63.7 Å². The highest BCUT2D eigenvalue weighted by Gasteiger charge is 2.34. The minimum absolute atomic E-state index is 0.400. The summed E-state index contributed by atoms with van der Waals surface area (Å²) in [5.74, 6) is 0.865. The van der Waals surface area contributed by atoms with Gasteiger partial charge in [0.2, 0.25) is 0 Å². The molecule has 0 radical (unpaired) electrons. The third-order valence-corrected chi connectivity index (χ3v) is 5.22. The highest BCUT2D eigenvalue weighted by molar-refractivity contribution is 4.88. The molecule has 2 unspecified atom stereocenters. The summed E-state index contributed by atoms with van der Waals surface area (Å²) in [6.45, 7) is 9.53. The number of nitrogens with zero attached hydrogens (tertiary/aromatic N) is 2. The molecule has 0 aromatic rings. The van der Waals surface area contributed by atoms with E-state index < -0.39 is 0 Å². The van der Waals surface area contributed by atoms with Crippen LogP contribution in [-0.2, 0) is 0 Å². The summed E-state index contributed by atoms with van der Waals surface area (Å²) >= 11 is 0. The van der Waals surface area contributed by atoms with Gasteiger partial charge in [0.05, 0.1) is 0 Å². The molecule has 3 heteroatoms. The molecule has 112 valence electrons. The van der Waals surface area contributed by atoms with Crippen molar-refractivity contribution in [2.75, 3.05) is 46.3 Å². The molecule has 2 N–H and O–H groups in total. The maximum Gasteiger partial charge on any atom is 0.0109 e. The summed E-state index contributed by atoms with van der Waals surface area (Å²) in [5, 5.41) is 0. The van der Waals surface area contributed by atoms with E-state index in [1.165, 1.54) is 71.2 Å². The van der Waals surface area contributed by atoms with Crippen LogP contribution in [0, 0.1) is 11.3 Å². The largest absolute Gasteiger partial charge is 0.330 e. The van der Waals surface area contributed by atoms with Crippen LogP contribution in [0.1, 0.15) is 45.4 Å². The second kappa shape index (κ2) is 7.05. The van der Waals surface area contributed by atoms with E-state index in [4.69, 9.17) is 5.73 Å². The van der Waals surface area contributed by atoms with Gasteiger partial charge >= 0.3 is 0 Å². The van der Waals surface area contributed by atoms with Crippen LogP contribution in [0.15, 0.2) is 0 Å². The van der Waals surface area contributed by atoms with E-state index in [1.54, 1.807) is 0 Å². The summed E-state index contributed by atoms with van der Waals surface area (Å²) in [5.41, 5.74) is 6.53. The van der Waals surface area contributed by atoms with Crippen molar-refractivity contribution in [3.8, 4) is 0 Å². The summed E-state index contributed by atoms with van der Waals surface area (Å²) < 4.78 is 0. The quantitative estimate of drug-likeness (QED) is 0.800. The number of hydrogen-bond acceptors (Lipinski definition) is 3. The number of rotatable bonds is 6. The van der Waals surface area contributed by atoms with E-state index >= 15 is 0 Å². The first kappa shape index (κ1) is 15.3. The van der Waals surface area contributed by atoms with Gasteiger partial charge in [0.25, 0.3) is 0 Å². The fraction of sp³-hybridized carbons (Fsp3) is 1.00. The summed E-state index contributed by atoms with van der Waals surface area (Å²) in [6.07, 6.45) is 8.24. The van der Waals surface area contributed by atoms with Gasteiger partial charge in [-0.3, -0.25) is 0 Å². The Morgan fingerprint density at radius 1 is 1.26 bits per heavy atom. The molecule has 2 aliphatic rings. The Morgan fingerprint density at radius 3 is 2.63 bits per heavy atom. The molecule has 1 saturated heterocycles. The number of likely N-dealkylation sites (tertiary alicyclic amines) is 1. The van der Waals surface area contributed by atoms with Crippen LogP contribution < -0.4 is 5.73 Å². The van der Waals surface area contributed by atoms with Crippen molar-refractivity contribution in [1.82, 2.24) is 9.80 Å². The lowest BCUT2D eigenvalue weighted by molar-refractivity contribution is 0.0965. The molecule has 1 aliphatic heterocycles. The molecule has 0 spiro atoms. The molecule has 0 amide bonds. The fourth-order valence-corrected chi connectivity index (χ4v) is 4.13. The standard InChI is InChI=1S/C16H33N3/c1-15-6-5-7-16(12-15,13-17)14-18(2)10-11-19-8-3-4-9-19/h15H,3-14,17H2,1-2H3. The molecule has 0 aromatic heterocycles. The lowest BCUT2D eigenvalue weighted by Gasteiger charge is -2.42. The monoisotopic (exact) mass is 267 g/mol. The smallest absolute Gasteiger partial charge is 0.0109 e. The van der Waals surface area contributed by atoms with E-state index in [2.05, 4.69) is 23.8 Å². The Kier molecular flexibility index (Phi) is 5.67. The summed E-state index contributed by atoms with van der Waals surface area (Å²) in [7, 11) is 2.28. The Morgan fingerprint density at radius 2 is 2.00 bits per heavy atom. The van der Waals surface area contributed by atoms with Crippen LogP contribution in [0.25, 0.3) is 0 Å². The van der Waals surface area contributed by atoms with Crippen LogP contribution >= 0.6 is 0 Å². The van der Waals surface area contributed by atoms with Gasteiger partial charge < -0.3 is 15.5 Å². The van der Waals surface area contributed by atoms with Crippen LogP contribution in [0.4, 0.5) is 0 Å². The van der Waals surface area contributed by atoms with Crippen molar-refractivity contribution < 1.29 is 0 Å². The van der Waals surface area contributed by atoms with Crippen molar-refractivity contribution >= 4 is 0 Å². The van der Waals surface area contributed by atoms with E-state index in [0.29, 0.717) is 5.41 Å². The molecular weight excluding hydrogens is 234 g/mol. The van der Waals surface area contributed by atoms with Crippen LogP contribution in [-0.4, -0.2) is 56.1 Å². The highest BCUT2D eigenvalue weighted by atomic mass is 15.2. The summed E-state index contributed by atoms with van der Waals surface area (Å²) in [4.78, 5) is 5.14. The molecule has 19 heavy (non-hydrogen) atoms. The van der Waals surface area contributed by atoms with Crippen LogP contribution in [0.3, 0.4) is 0 Å². The predicted molar refractivity (Wildman–Crippen MR) is 82.3 cm³/mol. The van der Waals surface area contributed by atoms with Gasteiger partial charge in [0.15, 0.2) is 0 Å². The second-order valence-corrected chi connectivity index (χ2v) is 7.19. The molecule has 1 aliphatic carbocycles. The highest BCUT2D eigenvalue weighted by Crippen LogP contribution is 2.39. The van der Waals surface area contributed by atoms with Crippen molar-refractivity contribution in [3.05, 3.63) is 0 Å². The normalized spacial score (nSPS) is 33.2. The topological polar surface area (TPSA) is 32.5 Å². The Labute approximate surface area is 119 Å². The molecule has 2 fully saturated rings. The zero-order valence-electron chi connectivity index (χ0n) is 13.0. The van der Waals surface area contributed by atoms with Crippen LogP contribution in [0.5, 0.6) is 0 Å². The first-order valence-corrected chi connectivity index (χ1v) is 8.24. The van der Waals surface area contributed by atoms with Crippen molar-refractivity contribution in [3.63, 3.8) is 0 Å². The molecule has 0 aromatic carbocycles. The molecule has 0 bridgehead atoms. The molecule has 2 rings (SSSR count). The van der Waals surface area contributed by atoms with Gasteiger partial charge in [-0.25, -0.2) is 0 Å². The minimum Gasteiger partial charge on any atom is -0.330 e. The van der Waals surface area contributed by atoms with Crippen molar-refractivity contribution in [2.45, 2.75) is 45.4 Å². The maximum atomic E-state index is 6.13. The van der Waals surface area contributed by atoms with E-state index in [0.717, 1.165) is 12.5 Å². The van der Waals surface area contributed by atoms with Crippen molar-refractivity contribution in [1.29, 1.82) is 0 Å². The van der Waals surface area contributed by atoms with Gasteiger partial charge in [-0.1, -0.05) is 19.8 Å². The van der Waals surface area contributed by atoms with Gasteiger partial charge in [-0.2, -0.15) is 0 Å². The summed E-state index contributed by atoms with van der Waals surface area (Å²) in [6, 6.07) is 0. The molecule has 1 heterocycles. The Hall–Kier alpha value is -0.120.